The van der Waals surface area contributed by atoms with E-state index >= 15 is 0 Å². The Morgan fingerprint density at radius 2 is 0.878 bits per heavy atom. The zero-order valence-corrected chi connectivity index (χ0v) is 24.7. The van der Waals surface area contributed by atoms with E-state index in [-0.39, 0.29) is 21.3 Å². The summed E-state index contributed by atoms with van der Waals surface area (Å²) in [5.41, 5.74) is 2.39. The zero-order chi connectivity index (χ0) is 29.6. The van der Waals surface area contributed by atoms with Gasteiger partial charge in [0.1, 0.15) is 18.3 Å². The summed E-state index contributed by atoms with van der Waals surface area (Å²) >= 11 is 0. The fourth-order valence-electron chi connectivity index (χ4n) is 4.39. The SMILES string of the molecule is Cc1ccc(S(=O)(=O)OC2C3COC(O3)C(OS(=O)(=O)c3ccc(C)cc3)C2OS(=O)(=O)c2ccc(C)cc2)cc1. The van der Waals surface area contributed by atoms with E-state index < -0.39 is 61.1 Å². The first-order chi connectivity index (χ1) is 19.2. The second-order valence-corrected chi connectivity index (χ2v) is 14.6. The van der Waals surface area contributed by atoms with E-state index in [9.17, 15) is 25.3 Å². The summed E-state index contributed by atoms with van der Waals surface area (Å²) in [6, 6.07) is 17.3. The van der Waals surface area contributed by atoms with E-state index in [0.29, 0.717) is 0 Å². The third kappa shape index (κ3) is 6.39. The Morgan fingerprint density at radius 3 is 1.27 bits per heavy atom. The second-order valence-electron chi connectivity index (χ2n) is 9.86. The van der Waals surface area contributed by atoms with Gasteiger partial charge in [-0.25, -0.2) is 0 Å². The van der Waals surface area contributed by atoms with Gasteiger partial charge in [0.25, 0.3) is 30.4 Å². The molecule has 14 heteroatoms. The van der Waals surface area contributed by atoms with Gasteiger partial charge >= 0.3 is 0 Å². The second kappa shape index (κ2) is 11.2. The number of ether oxygens (including phenoxy) is 2. The van der Waals surface area contributed by atoms with E-state index in [2.05, 4.69) is 0 Å². The fourth-order valence-corrected chi connectivity index (χ4v) is 7.66. The molecule has 0 amide bonds. The number of hydrogen-bond acceptors (Lipinski definition) is 11. The summed E-state index contributed by atoms with van der Waals surface area (Å²) in [6.07, 6.45) is -7.70. The average Bonchev–Trinajstić information content (AvgIpc) is 3.36. The standard InChI is InChI=1S/C27H28O11S3/c1-17-4-10-20(11-5-17)39(28,29)36-24-23-16-34-27(35-23)26(38-41(32,33)22-14-8-19(3)9-15-22)25(24)37-40(30,31)21-12-6-18(2)7-13-21/h4-15,23-27H,16H2,1-3H3. The highest BCUT2D eigenvalue weighted by Crippen LogP contribution is 2.38. The summed E-state index contributed by atoms with van der Waals surface area (Å²) in [7, 11) is -13.6. The van der Waals surface area contributed by atoms with Crippen LogP contribution in [0.5, 0.6) is 0 Å². The van der Waals surface area contributed by atoms with Crippen molar-refractivity contribution in [2.45, 2.75) is 66.2 Å². The highest BCUT2D eigenvalue weighted by Gasteiger charge is 2.57. The molecule has 0 aliphatic carbocycles. The average molecular weight is 625 g/mol. The van der Waals surface area contributed by atoms with Crippen molar-refractivity contribution in [1.82, 2.24) is 0 Å². The molecule has 220 valence electrons. The summed E-state index contributed by atoms with van der Waals surface area (Å²) in [5, 5.41) is 0. The number of rotatable bonds is 9. The molecule has 41 heavy (non-hydrogen) atoms. The van der Waals surface area contributed by atoms with Crippen molar-refractivity contribution in [3.05, 3.63) is 89.5 Å². The van der Waals surface area contributed by atoms with Gasteiger partial charge in [0, 0.05) is 0 Å². The fraction of sp³-hybridized carbons (Fsp3) is 0.333. The lowest BCUT2D eigenvalue weighted by Crippen LogP contribution is -2.58. The van der Waals surface area contributed by atoms with Crippen LogP contribution in [0.25, 0.3) is 0 Å². The van der Waals surface area contributed by atoms with E-state index in [0.717, 1.165) is 16.7 Å². The normalized spacial score (nSPS) is 24.8. The molecule has 3 aromatic carbocycles. The maximum Gasteiger partial charge on any atom is 0.297 e. The minimum absolute atomic E-state index is 0.200. The van der Waals surface area contributed by atoms with Crippen molar-refractivity contribution in [3.63, 3.8) is 0 Å². The number of aryl methyl sites for hydroxylation is 3. The van der Waals surface area contributed by atoms with Gasteiger partial charge < -0.3 is 9.47 Å². The van der Waals surface area contributed by atoms with E-state index in [1.807, 2.05) is 0 Å². The van der Waals surface area contributed by atoms with Crippen molar-refractivity contribution >= 4 is 30.4 Å². The Morgan fingerprint density at radius 1 is 0.537 bits per heavy atom. The van der Waals surface area contributed by atoms with E-state index in [1.165, 1.54) is 36.4 Å². The number of benzene rings is 3. The Balaban J connectivity index is 1.55. The molecule has 2 aliphatic rings. The van der Waals surface area contributed by atoms with Crippen molar-refractivity contribution in [2.75, 3.05) is 6.61 Å². The van der Waals surface area contributed by atoms with E-state index in [1.54, 1.807) is 57.2 Å². The monoisotopic (exact) mass is 624 g/mol. The van der Waals surface area contributed by atoms with Gasteiger partial charge in [-0.2, -0.15) is 25.3 Å². The molecular weight excluding hydrogens is 596 g/mol. The highest BCUT2D eigenvalue weighted by atomic mass is 32.2. The maximum atomic E-state index is 13.4. The predicted molar refractivity (Wildman–Crippen MR) is 144 cm³/mol. The van der Waals surface area contributed by atoms with Crippen LogP contribution in [0, 0.1) is 20.8 Å². The molecule has 0 N–H and O–H groups in total. The van der Waals surface area contributed by atoms with Crippen LogP contribution in [0.4, 0.5) is 0 Å². The van der Waals surface area contributed by atoms with Crippen LogP contribution in [0.1, 0.15) is 16.7 Å². The van der Waals surface area contributed by atoms with Gasteiger partial charge in [-0.3, -0.25) is 12.5 Å². The van der Waals surface area contributed by atoms with Gasteiger partial charge in [0.2, 0.25) is 0 Å². The van der Waals surface area contributed by atoms with Crippen molar-refractivity contribution in [1.29, 1.82) is 0 Å². The maximum absolute atomic E-state index is 13.4. The smallest absolute Gasteiger partial charge is 0.297 e. The van der Waals surface area contributed by atoms with Crippen LogP contribution in [0.15, 0.2) is 87.5 Å². The Hall–Kier alpha value is -2.69. The van der Waals surface area contributed by atoms with Crippen LogP contribution < -0.4 is 0 Å². The predicted octanol–water partition coefficient (Wildman–Crippen LogP) is 2.99. The van der Waals surface area contributed by atoms with Crippen LogP contribution >= 0.6 is 0 Å². The summed E-state index contributed by atoms with van der Waals surface area (Å²) in [4.78, 5) is -0.648. The molecule has 0 saturated carbocycles. The quantitative estimate of drug-likeness (QED) is 0.324. The van der Waals surface area contributed by atoms with Gasteiger partial charge in [-0.05, 0) is 57.2 Å². The lowest BCUT2D eigenvalue weighted by Gasteiger charge is -2.38. The van der Waals surface area contributed by atoms with Crippen molar-refractivity contribution in [2.24, 2.45) is 0 Å². The Labute approximate surface area is 239 Å². The summed E-state index contributed by atoms with van der Waals surface area (Å²) in [6.45, 7) is 5.09. The first kappa shape index (κ1) is 29.8. The molecule has 11 nitrogen and oxygen atoms in total. The summed E-state index contributed by atoms with van der Waals surface area (Å²) in [5.74, 6) is 0. The molecule has 5 rings (SSSR count). The third-order valence-corrected chi connectivity index (χ3v) is 10.6. The largest absolute Gasteiger partial charge is 0.347 e. The molecule has 2 heterocycles. The lowest BCUT2D eigenvalue weighted by atomic mass is 10.0. The molecule has 2 bridgehead atoms. The van der Waals surface area contributed by atoms with Crippen LogP contribution in [0.2, 0.25) is 0 Å². The van der Waals surface area contributed by atoms with Gasteiger partial charge in [-0.15, -0.1) is 0 Å². The van der Waals surface area contributed by atoms with Gasteiger partial charge in [0.05, 0.1) is 21.3 Å². The molecule has 2 aliphatic heterocycles. The van der Waals surface area contributed by atoms with Gasteiger partial charge in [-0.1, -0.05) is 53.1 Å². The Bertz CT molecular complexity index is 1630. The Kier molecular flexibility index (Phi) is 8.13. The van der Waals surface area contributed by atoms with E-state index in [4.69, 9.17) is 22.0 Å². The van der Waals surface area contributed by atoms with Crippen molar-refractivity contribution in [3.8, 4) is 0 Å². The molecule has 3 aromatic rings. The minimum Gasteiger partial charge on any atom is -0.347 e. The summed E-state index contributed by atoms with van der Waals surface area (Å²) < 4.78 is 108. The van der Waals surface area contributed by atoms with Crippen LogP contribution in [0.3, 0.4) is 0 Å². The molecule has 0 spiro atoms. The van der Waals surface area contributed by atoms with Gasteiger partial charge in [0.15, 0.2) is 12.4 Å². The topological polar surface area (TPSA) is 149 Å². The molecule has 5 atom stereocenters. The van der Waals surface area contributed by atoms with Crippen molar-refractivity contribution < 1.29 is 47.3 Å². The number of hydrogen-bond donors (Lipinski definition) is 0. The minimum atomic E-state index is -4.57. The molecule has 2 fully saturated rings. The molecule has 5 unspecified atom stereocenters. The lowest BCUT2D eigenvalue weighted by molar-refractivity contribution is -0.206. The van der Waals surface area contributed by atoms with Crippen LogP contribution in [-0.2, 0) is 52.4 Å². The molecule has 0 radical (unpaired) electrons. The molecular formula is C27H28O11S3. The first-order valence-corrected chi connectivity index (χ1v) is 16.7. The zero-order valence-electron chi connectivity index (χ0n) is 22.2. The number of fused-ring (bicyclic) bond motifs is 2. The van der Waals surface area contributed by atoms with Crippen LogP contribution in [-0.4, -0.2) is 62.6 Å². The molecule has 0 aromatic heterocycles. The third-order valence-electron chi connectivity index (χ3n) is 6.66. The first-order valence-electron chi connectivity index (χ1n) is 12.5. The highest BCUT2D eigenvalue weighted by molar-refractivity contribution is 7.87. The molecule has 2 saturated heterocycles.